The zero-order valence-electron chi connectivity index (χ0n) is 17.0. The summed E-state index contributed by atoms with van der Waals surface area (Å²) in [5.41, 5.74) is -0.343. The monoisotopic (exact) mass is 473 g/mol. The van der Waals surface area contributed by atoms with Gasteiger partial charge < -0.3 is 5.32 Å². The molecule has 1 N–H and O–H groups in total. The largest absolute Gasteiger partial charge is 0.416 e. The number of hydrogen-bond acceptors (Lipinski definition) is 5. The summed E-state index contributed by atoms with van der Waals surface area (Å²) in [5, 5.41) is 20.0. The van der Waals surface area contributed by atoms with E-state index in [9.17, 15) is 26.3 Å². The number of fused-ring (bicyclic) bond motifs is 2. The molecule has 34 heavy (non-hydrogen) atoms. The molecule has 2 heterocycles. The highest BCUT2D eigenvalue weighted by Crippen LogP contribution is 2.39. The SMILES string of the molecule is FC(F)(F)c1cc(Nc2nnc(-c3ccc4c(c3)CN=N4)c3ccccc23)cc(C(F)(F)F)c1. The van der Waals surface area contributed by atoms with Gasteiger partial charge in [-0.25, -0.2) is 0 Å². The van der Waals surface area contributed by atoms with Crippen molar-refractivity contribution in [3.8, 4) is 11.3 Å². The molecule has 1 aliphatic heterocycles. The molecule has 0 unspecified atom stereocenters. The molecule has 0 bridgehead atoms. The number of nitrogens with one attached hydrogen (secondary N) is 1. The lowest BCUT2D eigenvalue weighted by Crippen LogP contribution is -2.12. The van der Waals surface area contributed by atoms with E-state index in [1.165, 1.54) is 0 Å². The van der Waals surface area contributed by atoms with E-state index in [0.717, 1.165) is 16.8 Å². The van der Waals surface area contributed by atoms with Gasteiger partial charge in [0.1, 0.15) is 5.69 Å². The Balaban J connectivity index is 1.60. The first kappa shape index (κ1) is 21.8. The van der Waals surface area contributed by atoms with E-state index in [4.69, 9.17) is 0 Å². The number of halogens is 6. The zero-order valence-corrected chi connectivity index (χ0v) is 17.0. The Labute approximate surface area is 188 Å². The summed E-state index contributed by atoms with van der Waals surface area (Å²) in [6.07, 6.45) is -9.91. The fourth-order valence-electron chi connectivity index (χ4n) is 3.72. The average molecular weight is 473 g/mol. The van der Waals surface area contributed by atoms with Gasteiger partial charge >= 0.3 is 12.4 Å². The first-order valence-corrected chi connectivity index (χ1v) is 9.92. The van der Waals surface area contributed by atoms with E-state index in [1.807, 2.05) is 6.07 Å². The molecule has 4 aromatic rings. The third-order valence-corrected chi connectivity index (χ3v) is 5.31. The summed E-state index contributed by atoms with van der Waals surface area (Å²) in [6, 6.07) is 13.6. The van der Waals surface area contributed by atoms with Gasteiger partial charge in [0, 0.05) is 27.6 Å². The first-order valence-electron chi connectivity index (χ1n) is 9.92. The second-order valence-corrected chi connectivity index (χ2v) is 7.61. The van der Waals surface area contributed by atoms with Crippen LogP contribution in [0.3, 0.4) is 0 Å². The Hall–Kier alpha value is -4.02. The van der Waals surface area contributed by atoms with Crippen LogP contribution in [0, 0.1) is 0 Å². The predicted octanol–water partition coefficient (Wildman–Crippen LogP) is 7.68. The summed E-state index contributed by atoms with van der Waals surface area (Å²) in [4.78, 5) is 0. The van der Waals surface area contributed by atoms with Crippen LogP contribution in [0.15, 0.2) is 70.9 Å². The van der Waals surface area contributed by atoms with Crippen molar-refractivity contribution in [1.29, 1.82) is 0 Å². The molecule has 3 aromatic carbocycles. The topological polar surface area (TPSA) is 62.5 Å². The first-order chi connectivity index (χ1) is 16.1. The fourth-order valence-corrected chi connectivity index (χ4v) is 3.72. The highest BCUT2D eigenvalue weighted by Gasteiger charge is 2.37. The predicted molar refractivity (Wildman–Crippen MR) is 113 cm³/mol. The number of rotatable bonds is 3. The van der Waals surface area contributed by atoms with Crippen LogP contribution in [0.25, 0.3) is 22.0 Å². The molecule has 172 valence electrons. The fraction of sp³-hybridized carbons (Fsp3) is 0.130. The van der Waals surface area contributed by atoms with Crippen molar-refractivity contribution in [3.63, 3.8) is 0 Å². The Kier molecular flexibility index (Phi) is 4.99. The quantitative estimate of drug-likeness (QED) is 0.311. The molecule has 5 rings (SSSR count). The molecule has 0 radical (unpaired) electrons. The Morgan fingerprint density at radius 2 is 1.41 bits per heavy atom. The third kappa shape index (κ3) is 4.04. The van der Waals surface area contributed by atoms with Crippen LogP contribution in [0.2, 0.25) is 0 Å². The van der Waals surface area contributed by atoms with E-state index >= 15 is 0 Å². The second-order valence-electron chi connectivity index (χ2n) is 7.61. The second kappa shape index (κ2) is 7.79. The van der Waals surface area contributed by atoms with Gasteiger partial charge in [0.25, 0.3) is 0 Å². The number of anilines is 2. The van der Waals surface area contributed by atoms with E-state index in [0.29, 0.717) is 35.1 Å². The molecule has 5 nitrogen and oxygen atoms in total. The molecule has 1 aromatic heterocycles. The van der Waals surface area contributed by atoms with Crippen molar-refractivity contribution in [3.05, 3.63) is 77.4 Å². The molecular weight excluding hydrogens is 460 g/mol. The third-order valence-electron chi connectivity index (χ3n) is 5.31. The van der Waals surface area contributed by atoms with Crippen molar-refractivity contribution >= 4 is 28.0 Å². The van der Waals surface area contributed by atoms with Gasteiger partial charge in [0.2, 0.25) is 0 Å². The number of hydrogen-bond donors (Lipinski definition) is 1. The van der Waals surface area contributed by atoms with Crippen molar-refractivity contribution in [2.45, 2.75) is 18.9 Å². The van der Waals surface area contributed by atoms with Crippen molar-refractivity contribution in [2.24, 2.45) is 10.2 Å². The van der Waals surface area contributed by atoms with Crippen LogP contribution < -0.4 is 5.32 Å². The summed E-state index contributed by atoms with van der Waals surface area (Å²) >= 11 is 0. The van der Waals surface area contributed by atoms with Gasteiger partial charge in [-0.1, -0.05) is 30.3 Å². The summed E-state index contributed by atoms with van der Waals surface area (Å²) in [6.45, 7) is 0.436. The maximum absolute atomic E-state index is 13.2. The molecule has 0 saturated heterocycles. The molecule has 0 aliphatic carbocycles. The Bertz CT molecular complexity index is 1410. The van der Waals surface area contributed by atoms with Crippen LogP contribution in [0.5, 0.6) is 0 Å². The van der Waals surface area contributed by atoms with Crippen molar-refractivity contribution < 1.29 is 26.3 Å². The molecule has 11 heteroatoms. The lowest BCUT2D eigenvalue weighted by Gasteiger charge is -2.16. The van der Waals surface area contributed by atoms with E-state index in [-0.39, 0.29) is 11.9 Å². The molecule has 1 aliphatic rings. The highest BCUT2D eigenvalue weighted by atomic mass is 19.4. The maximum atomic E-state index is 13.2. The minimum absolute atomic E-state index is 0.0259. The van der Waals surface area contributed by atoms with Crippen LogP contribution >= 0.6 is 0 Å². The summed E-state index contributed by atoms with van der Waals surface area (Å²) in [7, 11) is 0. The van der Waals surface area contributed by atoms with E-state index in [1.54, 1.807) is 36.4 Å². The normalized spacial score (nSPS) is 13.4. The van der Waals surface area contributed by atoms with E-state index in [2.05, 4.69) is 25.7 Å². The van der Waals surface area contributed by atoms with Gasteiger partial charge in [-0.2, -0.15) is 36.6 Å². The standard InChI is InChI=1S/C23H13F6N5/c24-22(25,26)14-8-15(23(27,28)29)10-16(9-14)31-21-18-4-2-1-3-17(18)20(33-34-21)12-5-6-19-13(7-12)11-30-32-19/h1-10H,11H2,(H,31,34). The molecular formula is C23H13F6N5. The van der Waals surface area contributed by atoms with Crippen LogP contribution in [-0.2, 0) is 18.9 Å². The smallest absolute Gasteiger partial charge is 0.338 e. The number of benzene rings is 3. The van der Waals surface area contributed by atoms with Gasteiger partial charge in [-0.05, 0) is 30.3 Å². The van der Waals surface area contributed by atoms with Crippen molar-refractivity contribution in [2.75, 3.05) is 5.32 Å². The molecule has 0 atom stereocenters. The molecule has 0 amide bonds. The highest BCUT2D eigenvalue weighted by molar-refractivity contribution is 6.01. The van der Waals surface area contributed by atoms with E-state index < -0.39 is 29.2 Å². The maximum Gasteiger partial charge on any atom is 0.416 e. The number of alkyl halides is 6. The molecule has 0 saturated carbocycles. The molecule has 0 fully saturated rings. The zero-order chi connectivity index (χ0) is 24.1. The van der Waals surface area contributed by atoms with Crippen LogP contribution in [0.1, 0.15) is 16.7 Å². The van der Waals surface area contributed by atoms with Crippen molar-refractivity contribution in [1.82, 2.24) is 10.2 Å². The van der Waals surface area contributed by atoms with Crippen LogP contribution in [-0.4, -0.2) is 10.2 Å². The van der Waals surface area contributed by atoms with Gasteiger partial charge in [0.05, 0.1) is 23.4 Å². The number of nitrogens with zero attached hydrogens (tertiary/aromatic N) is 4. The lowest BCUT2D eigenvalue weighted by molar-refractivity contribution is -0.143. The Morgan fingerprint density at radius 3 is 2.09 bits per heavy atom. The van der Waals surface area contributed by atoms with Gasteiger partial charge in [0.15, 0.2) is 5.82 Å². The summed E-state index contributed by atoms with van der Waals surface area (Å²) in [5.74, 6) is 0.0259. The van der Waals surface area contributed by atoms with Gasteiger partial charge in [-0.15, -0.1) is 10.2 Å². The van der Waals surface area contributed by atoms with Crippen LogP contribution in [0.4, 0.5) is 43.5 Å². The lowest BCUT2D eigenvalue weighted by atomic mass is 10.0. The summed E-state index contributed by atoms with van der Waals surface area (Å²) < 4.78 is 79.4. The Morgan fingerprint density at radius 1 is 0.735 bits per heavy atom. The minimum atomic E-state index is -4.96. The molecule has 0 spiro atoms. The number of azo groups is 1. The average Bonchev–Trinajstić information content (AvgIpc) is 3.26. The van der Waals surface area contributed by atoms with Gasteiger partial charge in [-0.3, -0.25) is 0 Å². The minimum Gasteiger partial charge on any atom is -0.338 e. The number of aromatic nitrogens is 2.